The summed E-state index contributed by atoms with van der Waals surface area (Å²) in [7, 11) is 0. The standard InChI is InChI=1S/C43H39N3O/c1-24(2)33-23-29-15-8-9-16-30(29)37(25(3)4)40(33)46-36-18-11-10-17-34(36)44-42(46)32-20-19-28(7)39-31-21-22-35(45-43(31)47-41(32)39)38-26(5)13-12-14-27(38)6/h8-25H,1-7H3. The van der Waals surface area contributed by atoms with E-state index in [0.717, 1.165) is 55.6 Å². The molecule has 4 nitrogen and oxygen atoms in total. The maximum atomic E-state index is 6.81. The Bertz CT molecular complexity index is 2490. The van der Waals surface area contributed by atoms with E-state index in [9.17, 15) is 0 Å². The number of aryl methyl sites for hydroxylation is 3. The van der Waals surface area contributed by atoms with Gasteiger partial charge in [0.25, 0.3) is 0 Å². The van der Waals surface area contributed by atoms with E-state index < -0.39 is 0 Å². The average Bonchev–Trinajstić information content (AvgIpc) is 3.63. The van der Waals surface area contributed by atoms with Crippen LogP contribution in [0.5, 0.6) is 0 Å². The molecule has 8 rings (SSSR count). The molecule has 3 heterocycles. The van der Waals surface area contributed by atoms with Gasteiger partial charge in [0, 0.05) is 16.3 Å². The smallest absolute Gasteiger partial charge is 0.227 e. The SMILES string of the molecule is Cc1cccc(C)c1-c1ccc2c(n1)oc1c(-c3nc4ccccc4n3-c3c(C(C)C)cc4ccccc4c3C(C)C)ccc(C)c12. The summed E-state index contributed by atoms with van der Waals surface area (Å²) >= 11 is 0. The molecule has 47 heavy (non-hydrogen) atoms. The highest BCUT2D eigenvalue weighted by Gasteiger charge is 2.26. The minimum atomic E-state index is 0.291. The number of furan rings is 1. The fraction of sp³-hybridized carbons (Fsp3) is 0.209. The molecule has 8 aromatic rings. The Labute approximate surface area is 275 Å². The lowest BCUT2D eigenvalue weighted by molar-refractivity contribution is 0.655. The van der Waals surface area contributed by atoms with E-state index in [1.807, 2.05) is 0 Å². The minimum absolute atomic E-state index is 0.291. The molecule has 0 saturated carbocycles. The average molecular weight is 614 g/mol. The van der Waals surface area contributed by atoms with Crippen LogP contribution in [0, 0.1) is 20.8 Å². The number of hydrogen-bond donors (Lipinski definition) is 0. The molecular formula is C43H39N3O. The van der Waals surface area contributed by atoms with Gasteiger partial charge in [-0.3, -0.25) is 4.57 Å². The first-order chi connectivity index (χ1) is 22.7. The third-order valence-electron chi connectivity index (χ3n) is 9.75. The van der Waals surface area contributed by atoms with E-state index >= 15 is 0 Å². The predicted molar refractivity (Wildman–Crippen MR) is 197 cm³/mol. The van der Waals surface area contributed by atoms with Crippen molar-refractivity contribution in [3.8, 4) is 28.3 Å². The van der Waals surface area contributed by atoms with Crippen molar-refractivity contribution in [3.63, 3.8) is 0 Å². The van der Waals surface area contributed by atoms with E-state index in [4.69, 9.17) is 14.4 Å². The van der Waals surface area contributed by atoms with E-state index in [1.54, 1.807) is 0 Å². The van der Waals surface area contributed by atoms with Crippen molar-refractivity contribution in [1.82, 2.24) is 14.5 Å². The van der Waals surface area contributed by atoms with Gasteiger partial charge in [-0.25, -0.2) is 9.97 Å². The van der Waals surface area contributed by atoms with Crippen molar-refractivity contribution in [2.24, 2.45) is 0 Å². The van der Waals surface area contributed by atoms with Crippen LogP contribution in [0.4, 0.5) is 0 Å². The third-order valence-corrected chi connectivity index (χ3v) is 9.75. The fourth-order valence-electron chi connectivity index (χ4n) is 7.56. The lowest BCUT2D eigenvalue weighted by Gasteiger charge is -2.25. The van der Waals surface area contributed by atoms with Crippen molar-refractivity contribution in [1.29, 1.82) is 0 Å². The number of nitrogens with zero attached hydrogens (tertiary/aromatic N) is 3. The van der Waals surface area contributed by atoms with Crippen molar-refractivity contribution >= 4 is 43.9 Å². The Morgan fingerprint density at radius 3 is 2.17 bits per heavy atom. The quantitative estimate of drug-likeness (QED) is 0.194. The van der Waals surface area contributed by atoms with Gasteiger partial charge in [0.2, 0.25) is 5.71 Å². The normalized spacial score (nSPS) is 12.1. The number of imidazole rings is 1. The Morgan fingerprint density at radius 2 is 1.40 bits per heavy atom. The first kappa shape index (κ1) is 29.2. The summed E-state index contributed by atoms with van der Waals surface area (Å²) < 4.78 is 9.21. The van der Waals surface area contributed by atoms with Crippen LogP contribution in [0.25, 0.3) is 72.2 Å². The lowest BCUT2D eigenvalue weighted by atomic mass is 9.87. The molecule has 0 radical (unpaired) electrons. The van der Waals surface area contributed by atoms with Crippen LogP contribution in [0.15, 0.2) is 101 Å². The van der Waals surface area contributed by atoms with Crippen molar-refractivity contribution in [3.05, 3.63) is 125 Å². The maximum absolute atomic E-state index is 6.81. The number of hydrogen-bond acceptors (Lipinski definition) is 3. The van der Waals surface area contributed by atoms with Gasteiger partial charge in [0.05, 0.1) is 28.0 Å². The molecule has 0 spiro atoms. The second kappa shape index (κ2) is 10.9. The van der Waals surface area contributed by atoms with Crippen LogP contribution in [-0.4, -0.2) is 14.5 Å². The zero-order valence-electron chi connectivity index (χ0n) is 28.1. The van der Waals surface area contributed by atoms with E-state index in [2.05, 4.69) is 150 Å². The molecule has 3 aromatic heterocycles. The van der Waals surface area contributed by atoms with Gasteiger partial charge in [-0.2, -0.15) is 0 Å². The topological polar surface area (TPSA) is 43.9 Å². The summed E-state index contributed by atoms with van der Waals surface area (Å²) in [5.41, 5.74) is 14.0. The largest absolute Gasteiger partial charge is 0.437 e. The minimum Gasteiger partial charge on any atom is -0.437 e. The predicted octanol–water partition coefficient (Wildman–Crippen LogP) is 12.0. The van der Waals surface area contributed by atoms with Crippen LogP contribution in [0.2, 0.25) is 0 Å². The van der Waals surface area contributed by atoms with Gasteiger partial charge in [-0.15, -0.1) is 0 Å². The van der Waals surface area contributed by atoms with Gasteiger partial charge in [-0.05, 0) is 108 Å². The molecule has 0 saturated heterocycles. The summed E-state index contributed by atoms with van der Waals surface area (Å²) in [6.07, 6.45) is 0. The van der Waals surface area contributed by atoms with E-state index in [-0.39, 0.29) is 0 Å². The number of rotatable bonds is 5. The fourth-order valence-corrected chi connectivity index (χ4v) is 7.56. The Morgan fingerprint density at radius 1 is 0.660 bits per heavy atom. The Balaban J connectivity index is 1.47. The Kier molecular flexibility index (Phi) is 6.80. The van der Waals surface area contributed by atoms with Gasteiger partial charge in [0.15, 0.2) is 0 Å². The molecule has 0 bridgehead atoms. The molecule has 0 fully saturated rings. The van der Waals surface area contributed by atoms with Crippen molar-refractivity contribution < 1.29 is 4.42 Å². The lowest BCUT2D eigenvalue weighted by Crippen LogP contribution is -2.09. The molecule has 0 aliphatic rings. The summed E-state index contributed by atoms with van der Waals surface area (Å²) in [5.74, 6) is 1.47. The van der Waals surface area contributed by atoms with Crippen LogP contribution in [0.1, 0.15) is 67.3 Å². The molecular weight excluding hydrogens is 574 g/mol. The first-order valence-electron chi connectivity index (χ1n) is 16.7. The summed E-state index contributed by atoms with van der Waals surface area (Å²) in [6.45, 7) is 15.6. The summed E-state index contributed by atoms with van der Waals surface area (Å²) in [4.78, 5) is 10.5. The summed E-state index contributed by atoms with van der Waals surface area (Å²) in [5, 5.41) is 4.67. The maximum Gasteiger partial charge on any atom is 0.227 e. The van der Waals surface area contributed by atoms with E-state index in [0.29, 0.717) is 17.5 Å². The van der Waals surface area contributed by atoms with Gasteiger partial charge >= 0.3 is 0 Å². The van der Waals surface area contributed by atoms with Crippen LogP contribution in [-0.2, 0) is 0 Å². The van der Waals surface area contributed by atoms with Crippen LogP contribution >= 0.6 is 0 Å². The van der Waals surface area contributed by atoms with E-state index in [1.165, 1.54) is 38.7 Å². The van der Waals surface area contributed by atoms with Gasteiger partial charge < -0.3 is 4.42 Å². The summed E-state index contributed by atoms with van der Waals surface area (Å²) in [6, 6.07) is 34.7. The molecule has 0 amide bonds. The van der Waals surface area contributed by atoms with Gasteiger partial charge in [0.1, 0.15) is 11.4 Å². The second-order valence-electron chi connectivity index (χ2n) is 13.6. The molecule has 0 atom stereocenters. The molecule has 232 valence electrons. The third kappa shape index (κ3) is 4.50. The highest BCUT2D eigenvalue weighted by molar-refractivity contribution is 6.11. The number of fused-ring (bicyclic) bond motifs is 5. The zero-order valence-corrected chi connectivity index (χ0v) is 28.1. The molecule has 0 aliphatic carbocycles. The Hall–Kier alpha value is -5.22. The molecule has 5 aromatic carbocycles. The van der Waals surface area contributed by atoms with Crippen molar-refractivity contribution in [2.45, 2.75) is 60.3 Å². The van der Waals surface area contributed by atoms with Crippen molar-refractivity contribution in [2.75, 3.05) is 0 Å². The van der Waals surface area contributed by atoms with Crippen LogP contribution < -0.4 is 0 Å². The highest BCUT2D eigenvalue weighted by Crippen LogP contribution is 2.44. The highest BCUT2D eigenvalue weighted by atomic mass is 16.3. The second-order valence-corrected chi connectivity index (χ2v) is 13.6. The molecule has 4 heteroatoms. The van der Waals surface area contributed by atoms with Crippen LogP contribution in [0.3, 0.4) is 0 Å². The number of para-hydroxylation sites is 2. The molecule has 0 unspecified atom stereocenters. The van der Waals surface area contributed by atoms with Gasteiger partial charge in [-0.1, -0.05) is 88.4 Å². The monoisotopic (exact) mass is 613 g/mol. The first-order valence-corrected chi connectivity index (χ1v) is 16.7. The number of pyridine rings is 1. The molecule has 0 N–H and O–H groups in total. The molecule has 0 aliphatic heterocycles. The number of aromatic nitrogens is 3. The number of benzene rings is 5. The zero-order chi connectivity index (χ0) is 32.6.